The number of hydrogen-bond acceptors (Lipinski definition) is 14. The first kappa shape index (κ1) is 62.3. The van der Waals surface area contributed by atoms with Crippen LogP contribution in [0.5, 0.6) is 0 Å². The average molecular weight is 962 g/mol. The molecular formula is C53H91N3O12. The minimum atomic E-state index is -0.885. The van der Waals surface area contributed by atoms with Gasteiger partial charge in [0.1, 0.15) is 30.4 Å². The number of esters is 3. The van der Waals surface area contributed by atoms with E-state index in [2.05, 4.69) is 25.2 Å². The number of hydrogen-bond donors (Lipinski definition) is 3. The van der Waals surface area contributed by atoms with E-state index in [-0.39, 0.29) is 48.9 Å². The predicted molar refractivity (Wildman–Crippen MR) is 267 cm³/mol. The van der Waals surface area contributed by atoms with Crippen molar-refractivity contribution in [1.82, 2.24) is 15.1 Å². The molecule has 0 saturated heterocycles. The third-order valence-electron chi connectivity index (χ3n) is 13.5. The van der Waals surface area contributed by atoms with E-state index in [1.807, 2.05) is 52.8 Å². The maximum absolute atomic E-state index is 13.5. The zero-order chi connectivity index (χ0) is 51.5. The number of rotatable bonds is 20. The molecule has 3 N–H and O–H groups in total. The van der Waals surface area contributed by atoms with Crippen LogP contribution in [0.2, 0.25) is 0 Å². The van der Waals surface area contributed by atoms with Gasteiger partial charge in [-0.25, -0.2) is 4.79 Å². The topological polar surface area (TPSA) is 183 Å². The first-order chi connectivity index (χ1) is 32.1. The number of amides is 1. The highest BCUT2D eigenvalue weighted by atomic mass is 16.6. The minimum absolute atomic E-state index is 0.115. The molecule has 15 atom stereocenters. The van der Waals surface area contributed by atoms with Crippen LogP contribution in [0.15, 0.2) is 60.4 Å². The summed E-state index contributed by atoms with van der Waals surface area (Å²) in [5, 5.41) is 26.2. The molecule has 0 radical (unpaired) electrons. The number of methoxy groups -OCH3 is 3. The summed E-state index contributed by atoms with van der Waals surface area (Å²) in [7, 11) is 11.8. The quantitative estimate of drug-likeness (QED) is 0.0500. The lowest BCUT2D eigenvalue weighted by Gasteiger charge is -2.34. The van der Waals surface area contributed by atoms with Gasteiger partial charge in [-0.05, 0) is 103 Å². The molecule has 15 heteroatoms. The Hall–Kier alpha value is -3.70. The third kappa shape index (κ3) is 22.8. The number of cyclic esters (lactones) is 1. The van der Waals surface area contributed by atoms with Crippen molar-refractivity contribution in [3.05, 3.63) is 60.4 Å². The molecule has 0 fully saturated rings. The molecule has 0 aromatic rings. The van der Waals surface area contributed by atoms with Crippen LogP contribution in [0.25, 0.3) is 0 Å². The van der Waals surface area contributed by atoms with Gasteiger partial charge in [0.05, 0.1) is 31.0 Å². The van der Waals surface area contributed by atoms with Crippen molar-refractivity contribution in [3.8, 4) is 0 Å². The second-order valence-corrected chi connectivity index (χ2v) is 19.4. The highest BCUT2D eigenvalue weighted by molar-refractivity contribution is 5.82. The summed E-state index contributed by atoms with van der Waals surface area (Å²) in [6.07, 6.45) is 17.1. The van der Waals surface area contributed by atoms with Crippen molar-refractivity contribution in [2.45, 2.75) is 162 Å². The third-order valence-corrected chi connectivity index (χ3v) is 13.5. The molecule has 0 saturated carbocycles. The number of carbonyl (C=O) groups is 4. The molecule has 1 aliphatic rings. The van der Waals surface area contributed by atoms with E-state index in [1.54, 1.807) is 85.8 Å². The molecular weight excluding hydrogens is 871 g/mol. The Balaban J connectivity index is 3.51. The molecule has 15 nitrogen and oxygen atoms in total. The SMILES string of the molecule is CN[C@@H](C)C(=O)O[C@H](CC[C@H](C)[C@H](O)C(C)[C@@H]1C/C=C/[C@H](OC)C[C@H](C)C/C=C(\C)C(OC)CC[C@@H](C)[C@@H](OC(=O)[C@H](COC)N(C)C)[C@@H](C)C(O)C/C=C/C=C/C(=O)O1)[C@@H](C)/C=C/N(C)C=O. The standard InChI is InChI=1S/C53H91N3O12/c1-35-24-25-36(2)46(65-15)28-27-39(5)51(68-53(62)44(33-63-13)55(10)11)40(6)45(58)21-17-16-18-23-49(59)66-48(22-19-20-43(32-35)64-14)41(7)50(60)38(4)26-29-47(67-52(61)42(8)54-9)37(3)30-31-56(12)34-57/h16-20,23,25,30-31,34-35,37-48,50-51,54,58,60H,21-22,24,26-29,32-33H2,1-15H3/b17-16+,20-19+,23-18+,31-30+,36-25+/t35-,37+,38+,39-,40+,41?,42+,43+,44+,45?,46?,47-,48+,50+,51-/m1/s1. The molecule has 390 valence electrons. The van der Waals surface area contributed by atoms with Gasteiger partial charge >= 0.3 is 17.9 Å². The van der Waals surface area contributed by atoms with Crippen LogP contribution in [0.4, 0.5) is 0 Å². The summed E-state index contributed by atoms with van der Waals surface area (Å²) in [4.78, 5) is 54.1. The van der Waals surface area contributed by atoms with Gasteiger partial charge in [-0.15, -0.1) is 0 Å². The summed E-state index contributed by atoms with van der Waals surface area (Å²) < 4.78 is 35.4. The Kier molecular flexibility index (Phi) is 30.9. The number of ether oxygens (including phenoxy) is 6. The highest BCUT2D eigenvalue weighted by Crippen LogP contribution is 2.30. The Morgan fingerprint density at radius 3 is 2.25 bits per heavy atom. The molecule has 1 aliphatic heterocycles. The van der Waals surface area contributed by atoms with E-state index < -0.39 is 72.3 Å². The van der Waals surface area contributed by atoms with Crippen LogP contribution in [0.3, 0.4) is 0 Å². The number of nitrogens with one attached hydrogen (secondary N) is 1. The van der Waals surface area contributed by atoms with E-state index in [0.29, 0.717) is 38.5 Å². The van der Waals surface area contributed by atoms with Crippen LogP contribution in [-0.2, 0) is 47.6 Å². The summed E-state index contributed by atoms with van der Waals surface area (Å²) in [5.74, 6) is -2.69. The molecule has 0 bridgehead atoms. The smallest absolute Gasteiger partial charge is 0.331 e. The molecule has 0 aliphatic carbocycles. The molecule has 0 aromatic carbocycles. The van der Waals surface area contributed by atoms with E-state index >= 15 is 0 Å². The number of nitrogens with zero attached hydrogens (tertiary/aromatic N) is 2. The predicted octanol–water partition coefficient (Wildman–Crippen LogP) is 6.83. The van der Waals surface area contributed by atoms with Crippen LogP contribution < -0.4 is 5.32 Å². The van der Waals surface area contributed by atoms with Crippen LogP contribution >= 0.6 is 0 Å². The fourth-order valence-electron chi connectivity index (χ4n) is 8.27. The number of aliphatic hydroxyl groups is 2. The van der Waals surface area contributed by atoms with Gasteiger partial charge in [0, 0.05) is 64.8 Å². The van der Waals surface area contributed by atoms with E-state index in [9.17, 15) is 29.4 Å². The molecule has 1 rings (SSSR count). The molecule has 3 unspecified atom stereocenters. The Morgan fingerprint density at radius 2 is 1.65 bits per heavy atom. The van der Waals surface area contributed by atoms with E-state index in [1.165, 1.54) is 11.0 Å². The number of allylic oxidation sites excluding steroid dienone is 3. The summed E-state index contributed by atoms with van der Waals surface area (Å²) in [6, 6.07) is -1.13. The summed E-state index contributed by atoms with van der Waals surface area (Å²) in [6.45, 7) is 15.8. The van der Waals surface area contributed by atoms with Gasteiger partial charge in [-0.2, -0.15) is 0 Å². The Bertz CT molecular complexity index is 1620. The van der Waals surface area contributed by atoms with Gasteiger partial charge in [0.15, 0.2) is 0 Å². The van der Waals surface area contributed by atoms with E-state index in [0.717, 1.165) is 18.4 Å². The Morgan fingerprint density at radius 1 is 0.956 bits per heavy atom. The van der Waals surface area contributed by atoms with Gasteiger partial charge in [-0.1, -0.05) is 84.1 Å². The zero-order valence-electron chi connectivity index (χ0n) is 44.2. The summed E-state index contributed by atoms with van der Waals surface area (Å²) in [5.41, 5.74) is 1.11. The molecule has 1 heterocycles. The van der Waals surface area contributed by atoms with Crippen LogP contribution in [0, 0.1) is 35.5 Å². The maximum Gasteiger partial charge on any atom is 0.331 e. The second kappa shape index (κ2) is 33.8. The molecule has 0 spiro atoms. The molecule has 68 heavy (non-hydrogen) atoms. The van der Waals surface area contributed by atoms with Gasteiger partial charge in [0.25, 0.3) is 0 Å². The number of likely N-dealkylation sites (N-methyl/N-ethyl adjacent to an activating group) is 2. The van der Waals surface area contributed by atoms with Crippen molar-refractivity contribution in [2.24, 2.45) is 35.5 Å². The van der Waals surface area contributed by atoms with Crippen molar-refractivity contribution >= 4 is 24.3 Å². The number of carbonyl (C=O) groups excluding carboxylic acids is 4. The summed E-state index contributed by atoms with van der Waals surface area (Å²) >= 11 is 0. The lowest BCUT2D eigenvalue weighted by atomic mass is 9.84. The first-order valence-electron chi connectivity index (χ1n) is 24.5. The molecule has 1 amide bonds. The van der Waals surface area contributed by atoms with Gasteiger partial charge in [0.2, 0.25) is 6.41 Å². The first-order valence-corrected chi connectivity index (χ1v) is 24.5. The largest absolute Gasteiger partial charge is 0.461 e. The monoisotopic (exact) mass is 962 g/mol. The lowest BCUT2D eigenvalue weighted by molar-refractivity contribution is -0.165. The van der Waals surface area contributed by atoms with Crippen molar-refractivity contribution in [2.75, 3.05) is 56.1 Å². The lowest BCUT2D eigenvalue weighted by Crippen LogP contribution is -2.45. The van der Waals surface area contributed by atoms with E-state index in [4.69, 9.17) is 28.4 Å². The highest BCUT2D eigenvalue weighted by Gasteiger charge is 2.35. The van der Waals surface area contributed by atoms with Crippen molar-refractivity contribution in [3.63, 3.8) is 0 Å². The van der Waals surface area contributed by atoms with Crippen molar-refractivity contribution in [1.29, 1.82) is 0 Å². The van der Waals surface area contributed by atoms with Crippen LogP contribution in [-0.4, -0.2) is 155 Å². The van der Waals surface area contributed by atoms with Crippen LogP contribution in [0.1, 0.15) is 107 Å². The molecule has 0 aromatic heterocycles. The van der Waals surface area contributed by atoms with Gasteiger partial charge < -0.3 is 48.9 Å². The Labute approximate surface area is 409 Å². The van der Waals surface area contributed by atoms with Crippen molar-refractivity contribution < 1.29 is 57.8 Å². The zero-order valence-corrected chi connectivity index (χ0v) is 44.2. The fourth-order valence-corrected chi connectivity index (χ4v) is 8.27. The average Bonchev–Trinajstić information content (AvgIpc) is 3.31. The van der Waals surface area contributed by atoms with Gasteiger partial charge in [-0.3, -0.25) is 19.3 Å². The fraction of sp³-hybridized carbons (Fsp3) is 0.736. The maximum atomic E-state index is 13.5. The second-order valence-electron chi connectivity index (χ2n) is 19.4. The minimum Gasteiger partial charge on any atom is -0.461 e. The normalized spacial score (nSPS) is 29.6. The number of aliphatic hydroxyl groups excluding tert-OH is 2.